The predicted molar refractivity (Wildman–Crippen MR) is 122 cm³/mol. The van der Waals surface area contributed by atoms with Crippen LogP contribution in [0, 0.1) is 6.92 Å². The van der Waals surface area contributed by atoms with Gasteiger partial charge < -0.3 is 9.73 Å². The Bertz CT molecular complexity index is 1230. The van der Waals surface area contributed by atoms with E-state index in [-0.39, 0.29) is 11.9 Å². The fraction of sp³-hybridized carbons (Fsp3) is 0.160. The van der Waals surface area contributed by atoms with Crippen molar-refractivity contribution in [1.29, 1.82) is 0 Å². The van der Waals surface area contributed by atoms with Crippen LogP contribution in [0.1, 0.15) is 33.9 Å². The van der Waals surface area contributed by atoms with Crippen molar-refractivity contribution in [2.45, 2.75) is 24.3 Å². The van der Waals surface area contributed by atoms with Crippen molar-refractivity contribution < 1.29 is 9.21 Å². The molecule has 1 aliphatic heterocycles. The number of hydrogen-bond donors (Lipinski definition) is 1. The first-order valence-electron chi connectivity index (χ1n) is 10.2. The Balaban J connectivity index is 1.32. The lowest BCUT2D eigenvalue weighted by Crippen LogP contribution is -2.30. The lowest BCUT2D eigenvalue weighted by atomic mass is 10.0. The zero-order valence-electron chi connectivity index (χ0n) is 17.0. The highest BCUT2D eigenvalue weighted by molar-refractivity contribution is 7.99. The SMILES string of the molecule is Cc1ccccc1-c1nnc(-c2ccc(C(=O)NC3CCSc4ccccc43)cc2)o1. The van der Waals surface area contributed by atoms with E-state index in [2.05, 4.69) is 27.6 Å². The first-order valence-corrected chi connectivity index (χ1v) is 11.2. The summed E-state index contributed by atoms with van der Waals surface area (Å²) in [5.74, 6) is 1.85. The van der Waals surface area contributed by atoms with E-state index >= 15 is 0 Å². The summed E-state index contributed by atoms with van der Waals surface area (Å²) in [5.41, 5.74) is 4.58. The monoisotopic (exact) mass is 427 g/mol. The van der Waals surface area contributed by atoms with Gasteiger partial charge in [0.2, 0.25) is 11.8 Å². The summed E-state index contributed by atoms with van der Waals surface area (Å²) in [4.78, 5) is 14.1. The van der Waals surface area contributed by atoms with Crippen molar-refractivity contribution in [3.63, 3.8) is 0 Å². The molecule has 4 aromatic rings. The van der Waals surface area contributed by atoms with Crippen LogP contribution in [0.3, 0.4) is 0 Å². The van der Waals surface area contributed by atoms with Crippen molar-refractivity contribution in [3.8, 4) is 22.9 Å². The molecule has 0 aliphatic carbocycles. The number of thioether (sulfide) groups is 1. The summed E-state index contributed by atoms with van der Waals surface area (Å²) >= 11 is 1.84. The number of amides is 1. The molecular weight excluding hydrogens is 406 g/mol. The average molecular weight is 428 g/mol. The molecule has 0 fully saturated rings. The molecular formula is C25H21N3O2S. The highest BCUT2D eigenvalue weighted by Gasteiger charge is 2.22. The van der Waals surface area contributed by atoms with Crippen molar-refractivity contribution in [1.82, 2.24) is 15.5 Å². The van der Waals surface area contributed by atoms with E-state index in [9.17, 15) is 4.79 Å². The molecule has 5 nitrogen and oxygen atoms in total. The minimum atomic E-state index is -0.0793. The van der Waals surface area contributed by atoms with E-state index in [1.54, 1.807) is 12.1 Å². The summed E-state index contributed by atoms with van der Waals surface area (Å²) < 4.78 is 5.87. The molecule has 3 aromatic carbocycles. The second-order valence-corrected chi connectivity index (χ2v) is 8.64. The molecule has 1 N–H and O–H groups in total. The highest BCUT2D eigenvalue weighted by Crippen LogP contribution is 2.36. The van der Waals surface area contributed by atoms with Gasteiger partial charge in [0.15, 0.2) is 0 Å². The number of aromatic nitrogens is 2. The Hall–Kier alpha value is -3.38. The van der Waals surface area contributed by atoms with Gasteiger partial charge in [0.05, 0.1) is 6.04 Å². The molecule has 2 heterocycles. The third-order valence-electron chi connectivity index (χ3n) is 5.46. The molecule has 1 atom stereocenters. The van der Waals surface area contributed by atoms with Crippen LogP contribution in [0.5, 0.6) is 0 Å². The number of carbonyl (C=O) groups excluding carboxylic acids is 1. The zero-order valence-corrected chi connectivity index (χ0v) is 17.9. The second-order valence-electron chi connectivity index (χ2n) is 7.51. The van der Waals surface area contributed by atoms with Crippen LogP contribution in [-0.2, 0) is 0 Å². The van der Waals surface area contributed by atoms with Crippen molar-refractivity contribution in [3.05, 3.63) is 89.5 Å². The fourth-order valence-corrected chi connectivity index (χ4v) is 4.88. The fourth-order valence-electron chi connectivity index (χ4n) is 3.76. The molecule has 1 aromatic heterocycles. The van der Waals surface area contributed by atoms with Crippen LogP contribution < -0.4 is 5.32 Å². The number of aryl methyl sites for hydroxylation is 1. The molecule has 1 unspecified atom stereocenters. The lowest BCUT2D eigenvalue weighted by Gasteiger charge is -2.25. The van der Waals surface area contributed by atoms with Gasteiger partial charge in [0.25, 0.3) is 5.91 Å². The second kappa shape index (κ2) is 8.40. The van der Waals surface area contributed by atoms with Crippen LogP contribution in [0.2, 0.25) is 0 Å². The molecule has 0 spiro atoms. The Kier molecular flexibility index (Phi) is 5.30. The van der Waals surface area contributed by atoms with E-state index in [0.717, 1.165) is 28.9 Å². The van der Waals surface area contributed by atoms with Gasteiger partial charge >= 0.3 is 0 Å². The van der Waals surface area contributed by atoms with Crippen LogP contribution in [0.15, 0.2) is 82.1 Å². The Morgan fingerprint density at radius 3 is 2.55 bits per heavy atom. The number of nitrogens with one attached hydrogen (secondary N) is 1. The number of rotatable bonds is 4. The van der Waals surface area contributed by atoms with Gasteiger partial charge in [0.1, 0.15) is 0 Å². The number of carbonyl (C=O) groups is 1. The lowest BCUT2D eigenvalue weighted by molar-refractivity contribution is 0.0935. The Morgan fingerprint density at radius 2 is 1.71 bits per heavy atom. The predicted octanol–water partition coefficient (Wildman–Crippen LogP) is 5.68. The third-order valence-corrected chi connectivity index (χ3v) is 6.58. The summed E-state index contributed by atoms with van der Waals surface area (Å²) in [5, 5.41) is 11.5. The van der Waals surface area contributed by atoms with Gasteiger partial charge in [-0.2, -0.15) is 0 Å². The highest BCUT2D eigenvalue weighted by atomic mass is 32.2. The largest absolute Gasteiger partial charge is 0.416 e. The maximum absolute atomic E-state index is 12.8. The number of nitrogens with zero attached hydrogens (tertiary/aromatic N) is 2. The first kappa shape index (κ1) is 19.6. The average Bonchev–Trinajstić information content (AvgIpc) is 3.30. The van der Waals surface area contributed by atoms with E-state index in [0.29, 0.717) is 17.3 Å². The molecule has 154 valence electrons. The number of hydrogen-bond acceptors (Lipinski definition) is 5. The van der Waals surface area contributed by atoms with Crippen LogP contribution in [0.4, 0.5) is 0 Å². The minimum Gasteiger partial charge on any atom is -0.416 e. The Morgan fingerprint density at radius 1 is 0.968 bits per heavy atom. The standard InChI is InChI=1S/C25H21N3O2S/c1-16-6-2-3-7-19(16)25-28-27-24(30-25)18-12-10-17(11-13-18)23(29)26-21-14-15-31-22-9-5-4-8-20(21)22/h2-13,21H,14-15H2,1H3,(H,26,29). The van der Waals surface area contributed by atoms with Crippen LogP contribution in [0.25, 0.3) is 22.9 Å². The quantitative estimate of drug-likeness (QED) is 0.454. The van der Waals surface area contributed by atoms with E-state index in [1.807, 2.05) is 67.2 Å². The van der Waals surface area contributed by atoms with E-state index < -0.39 is 0 Å². The smallest absolute Gasteiger partial charge is 0.251 e. The Labute approximate surface area is 184 Å². The molecule has 6 heteroatoms. The van der Waals surface area contributed by atoms with Gasteiger partial charge in [-0.15, -0.1) is 22.0 Å². The maximum atomic E-state index is 12.8. The molecule has 0 radical (unpaired) electrons. The minimum absolute atomic E-state index is 0.0391. The molecule has 1 amide bonds. The molecule has 0 saturated carbocycles. The van der Waals surface area contributed by atoms with Crippen LogP contribution >= 0.6 is 11.8 Å². The van der Waals surface area contributed by atoms with Gasteiger partial charge in [-0.1, -0.05) is 36.4 Å². The summed E-state index contributed by atoms with van der Waals surface area (Å²) in [7, 11) is 0. The molecule has 0 bridgehead atoms. The topological polar surface area (TPSA) is 68.0 Å². The van der Waals surface area contributed by atoms with Crippen molar-refractivity contribution in [2.75, 3.05) is 5.75 Å². The van der Waals surface area contributed by atoms with Gasteiger partial charge in [0, 0.05) is 27.3 Å². The number of benzene rings is 3. The summed E-state index contributed by atoms with van der Waals surface area (Å²) in [6.45, 7) is 2.01. The summed E-state index contributed by atoms with van der Waals surface area (Å²) in [6, 6.07) is 23.5. The van der Waals surface area contributed by atoms with E-state index in [4.69, 9.17) is 4.42 Å². The normalized spacial score (nSPS) is 15.3. The molecule has 5 rings (SSSR count). The molecule has 1 aliphatic rings. The molecule has 0 saturated heterocycles. The van der Waals surface area contributed by atoms with Crippen LogP contribution in [-0.4, -0.2) is 21.9 Å². The van der Waals surface area contributed by atoms with Gasteiger partial charge in [-0.05, 0) is 60.9 Å². The zero-order chi connectivity index (χ0) is 21.2. The third kappa shape index (κ3) is 3.99. The van der Waals surface area contributed by atoms with Crippen molar-refractivity contribution in [2.24, 2.45) is 0 Å². The maximum Gasteiger partial charge on any atom is 0.251 e. The first-order chi connectivity index (χ1) is 15.2. The molecule has 31 heavy (non-hydrogen) atoms. The number of fused-ring (bicyclic) bond motifs is 1. The van der Waals surface area contributed by atoms with Gasteiger partial charge in [-0.3, -0.25) is 4.79 Å². The van der Waals surface area contributed by atoms with Gasteiger partial charge in [-0.25, -0.2) is 0 Å². The van der Waals surface area contributed by atoms with Crippen molar-refractivity contribution >= 4 is 17.7 Å². The summed E-state index contributed by atoms with van der Waals surface area (Å²) in [6.07, 6.45) is 0.926. The van der Waals surface area contributed by atoms with E-state index in [1.165, 1.54) is 10.5 Å².